The number of likely N-dealkylation sites (tertiary alicyclic amines) is 1. The SMILES string of the molecule is CC(=O)N1CC(COC2=NOC3CC=C(c4ccc(OC(F)(F)F)cc4)C=C23)C1. The van der Waals surface area contributed by atoms with Crippen LogP contribution in [0.2, 0.25) is 0 Å². The molecule has 0 aromatic heterocycles. The molecule has 2 aliphatic heterocycles. The van der Waals surface area contributed by atoms with Crippen molar-refractivity contribution >= 4 is 17.4 Å². The van der Waals surface area contributed by atoms with Crippen LogP contribution < -0.4 is 4.74 Å². The molecule has 9 heteroatoms. The van der Waals surface area contributed by atoms with E-state index < -0.39 is 6.36 Å². The van der Waals surface area contributed by atoms with Crippen molar-refractivity contribution in [2.75, 3.05) is 19.7 Å². The smallest absolute Gasteiger partial charge is 0.475 e. The summed E-state index contributed by atoms with van der Waals surface area (Å²) in [5.41, 5.74) is 2.41. The van der Waals surface area contributed by atoms with E-state index >= 15 is 0 Å². The van der Waals surface area contributed by atoms with Crippen LogP contribution >= 0.6 is 0 Å². The van der Waals surface area contributed by atoms with Gasteiger partial charge in [0.05, 0.1) is 12.2 Å². The van der Waals surface area contributed by atoms with Gasteiger partial charge in [0, 0.05) is 32.4 Å². The zero-order valence-corrected chi connectivity index (χ0v) is 15.6. The molecule has 0 spiro atoms. The van der Waals surface area contributed by atoms with Gasteiger partial charge in [0.2, 0.25) is 5.91 Å². The number of allylic oxidation sites excluding steroid dienone is 2. The molecule has 3 aliphatic rings. The fourth-order valence-corrected chi connectivity index (χ4v) is 3.43. The Morgan fingerprint density at radius 3 is 2.66 bits per heavy atom. The van der Waals surface area contributed by atoms with E-state index in [0.717, 1.165) is 16.7 Å². The molecule has 29 heavy (non-hydrogen) atoms. The van der Waals surface area contributed by atoms with E-state index in [1.165, 1.54) is 12.1 Å². The van der Waals surface area contributed by atoms with Gasteiger partial charge in [0.25, 0.3) is 5.90 Å². The van der Waals surface area contributed by atoms with Gasteiger partial charge in [-0.3, -0.25) is 4.79 Å². The van der Waals surface area contributed by atoms with Crippen LogP contribution in [0.1, 0.15) is 18.9 Å². The zero-order valence-electron chi connectivity index (χ0n) is 15.6. The number of oxime groups is 1. The standard InChI is InChI=1S/C20H19F3N2O4/c1-12(26)25-9-13(10-25)11-27-19-17-8-15(4-7-18(17)29-24-19)14-2-5-16(6-3-14)28-20(21,22)23/h2-6,8,13,18H,7,9-11H2,1H3. The Balaban J connectivity index is 1.39. The lowest BCUT2D eigenvalue weighted by atomic mass is 9.92. The minimum absolute atomic E-state index is 0.0549. The van der Waals surface area contributed by atoms with Crippen LogP contribution in [0.4, 0.5) is 13.2 Å². The lowest BCUT2D eigenvalue weighted by Gasteiger charge is -2.38. The Morgan fingerprint density at radius 1 is 1.28 bits per heavy atom. The van der Waals surface area contributed by atoms with E-state index in [9.17, 15) is 18.0 Å². The molecule has 6 nitrogen and oxygen atoms in total. The minimum Gasteiger partial charge on any atom is -0.475 e. The van der Waals surface area contributed by atoms with Crippen molar-refractivity contribution < 1.29 is 32.3 Å². The molecular formula is C20H19F3N2O4. The Bertz CT molecular complexity index is 884. The van der Waals surface area contributed by atoms with Gasteiger partial charge in [-0.15, -0.1) is 13.2 Å². The number of benzene rings is 1. The molecule has 154 valence electrons. The molecular weight excluding hydrogens is 389 g/mol. The Kier molecular flexibility index (Phi) is 4.97. The number of rotatable bonds is 4. The molecule has 0 N–H and O–H groups in total. The average Bonchev–Trinajstić information content (AvgIpc) is 3.02. The molecule has 1 atom stereocenters. The van der Waals surface area contributed by atoms with Crippen LogP contribution in [0, 0.1) is 5.92 Å². The molecule has 1 unspecified atom stereocenters. The maximum absolute atomic E-state index is 12.3. The van der Waals surface area contributed by atoms with E-state index in [-0.39, 0.29) is 23.7 Å². The highest BCUT2D eigenvalue weighted by atomic mass is 19.4. The zero-order chi connectivity index (χ0) is 20.6. The summed E-state index contributed by atoms with van der Waals surface area (Å²) in [6, 6.07) is 5.70. The van der Waals surface area contributed by atoms with Gasteiger partial charge >= 0.3 is 6.36 Å². The van der Waals surface area contributed by atoms with Crippen molar-refractivity contribution in [3.05, 3.63) is 47.6 Å². The average molecular weight is 408 g/mol. The summed E-state index contributed by atoms with van der Waals surface area (Å²) in [4.78, 5) is 18.4. The number of hydrogen-bond acceptors (Lipinski definition) is 5. The maximum atomic E-state index is 12.3. The Hall–Kier alpha value is -2.97. The minimum atomic E-state index is -4.72. The Labute approximate surface area is 165 Å². The van der Waals surface area contributed by atoms with Crippen molar-refractivity contribution in [1.29, 1.82) is 0 Å². The van der Waals surface area contributed by atoms with Gasteiger partial charge in [-0.1, -0.05) is 18.2 Å². The number of carbonyl (C=O) groups excluding carboxylic acids is 1. The molecule has 1 aromatic rings. The van der Waals surface area contributed by atoms with Gasteiger partial charge in [-0.2, -0.15) is 0 Å². The molecule has 0 bridgehead atoms. The summed E-state index contributed by atoms with van der Waals surface area (Å²) >= 11 is 0. The lowest BCUT2D eigenvalue weighted by Crippen LogP contribution is -2.51. The molecule has 1 fully saturated rings. The topological polar surface area (TPSA) is 60.4 Å². The Morgan fingerprint density at radius 2 is 2.00 bits per heavy atom. The first-order valence-corrected chi connectivity index (χ1v) is 9.19. The summed E-state index contributed by atoms with van der Waals surface area (Å²) in [7, 11) is 0. The monoisotopic (exact) mass is 408 g/mol. The number of alkyl halides is 3. The highest BCUT2D eigenvalue weighted by molar-refractivity contribution is 5.99. The van der Waals surface area contributed by atoms with Gasteiger partial charge in [0.15, 0.2) is 6.10 Å². The third-order valence-electron chi connectivity index (χ3n) is 5.00. The van der Waals surface area contributed by atoms with E-state index in [4.69, 9.17) is 9.57 Å². The first-order chi connectivity index (χ1) is 13.8. The van der Waals surface area contributed by atoms with Crippen LogP contribution in [0.3, 0.4) is 0 Å². The molecule has 1 amide bonds. The fraction of sp³-hybridized carbons (Fsp3) is 0.400. The number of nitrogens with zero attached hydrogens (tertiary/aromatic N) is 2. The number of carbonyl (C=O) groups is 1. The van der Waals surface area contributed by atoms with Crippen molar-refractivity contribution in [3.63, 3.8) is 0 Å². The summed E-state index contributed by atoms with van der Waals surface area (Å²) < 4.78 is 46.6. The first kappa shape index (κ1) is 19.4. The van der Waals surface area contributed by atoms with Gasteiger partial charge in [0.1, 0.15) is 5.75 Å². The van der Waals surface area contributed by atoms with E-state index in [2.05, 4.69) is 9.89 Å². The number of ether oxygens (including phenoxy) is 2. The second kappa shape index (κ2) is 7.46. The fourth-order valence-electron chi connectivity index (χ4n) is 3.43. The third-order valence-corrected chi connectivity index (χ3v) is 5.00. The quantitative estimate of drug-likeness (QED) is 0.765. The van der Waals surface area contributed by atoms with E-state index in [1.807, 2.05) is 12.2 Å². The van der Waals surface area contributed by atoms with Crippen LogP contribution in [-0.4, -0.2) is 48.9 Å². The maximum Gasteiger partial charge on any atom is 0.573 e. The number of hydrogen-bond donors (Lipinski definition) is 0. The predicted molar refractivity (Wildman–Crippen MR) is 97.8 cm³/mol. The third kappa shape index (κ3) is 4.38. The van der Waals surface area contributed by atoms with Gasteiger partial charge < -0.3 is 19.2 Å². The summed E-state index contributed by atoms with van der Waals surface area (Å²) in [6.07, 6.45) is -0.533. The molecule has 1 aromatic carbocycles. The van der Waals surface area contributed by atoms with Crippen LogP contribution in [-0.2, 0) is 14.4 Å². The second-order valence-corrected chi connectivity index (χ2v) is 7.16. The largest absolute Gasteiger partial charge is 0.573 e. The highest BCUT2D eigenvalue weighted by Crippen LogP contribution is 2.33. The lowest BCUT2D eigenvalue weighted by molar-refractivity contribution is -0.274. The molecule has 0 saturated carbocycles. The molecule has 2 heterocycles. The summed E-state index contributed by atoms with van der Waals surface area (Å²) in [5.74, 6) is 0.470. The van der Waals surface area contributed by atoms with E-state index in [1.54, 1.807) is 24.0 Å². The van der Waals surface area contributed by atoms with Crippen molar-refractivity contribution in [2.45, 2.75) is 25.8 Å². The molecule has 0 radical (unpaired) electrons. The second-order valence-electron chi connectivity index (χ2n) is 7.16. The number of fused-ring (bicyclic) bond motifs is 1. The molecule has 1 saturated heterocycles. The molecule has 1 aliphatic carbocycles. The van der Waals surface area contributed by atoms with Crippen LogP contribution in [0.5, 0.6) is 5.75 Å². The van der Waals surface area contributed by atoms with Crippen LogP contribution in [0.15, 0.2) is 47.1 Å². The van der Waals surface area contributed by atoms with Gasteiger partial charge in [-0.05, 0) is 34.5 Å². The summed E-state index contributed by atoms with van der Waals surface area (Å²) in [6.45, 7) is 3.32. The van der Waals surface area contributed by atoms with E-state index in [0.29, 0.717) is 32.0 Å². The van der Waals surface area contributed by atoms with Gasteiger partial charge in [-0.25, -0.2) is 0 Å². The van der Waals surface area contributed by atoms with Crippen molar-refractivity contribution in [3.8, 4) is 5.75 Å². The normalized spacial score (nSPS) is 21.3. The van der Waals surface area contributed by atoms with Crippen molar-refractivity contribution in [2.24, 2.45) is 11.1 Å². The summed E-state index contributed by atoms with van der Waals surface area (Å²) in [5, 5.41) is 4.01. The number of amides is 1. The molecule has 4 rings (SSSR count). The van der Waals surface area contributed by atoms with Crippen molar-refractivity contribution in [1.82, 2.24) is 4.90 Å². The predicted octanol–water partition coefficient (Wildman–Crippen LogP) is 3.51. The highest BCUT2D eigenvalue weighted by Gasteiger charge is 2.34. The van der Waals surface area contributed by atoms with Crippen LogP contribution in [0.25, 0.3) is 5.57 Å². The number of halogens is 3. The first-order valence-electron chi connectivity index (χ1n) is 9.19.